The molecule has 0 bridgehead atoms. The summed E-state index contributed by atoms with van der Waals surface area (Å²) in [5.74, 6) is 0.527. The van der Waals surface area contributed by atoms with Gasteiger partial charge in [0.25, 0.3) is 0 Å². The van der Waals surface area contributed by atoms with Crippen LogP contribution in [0.5, 0.6) is 0 Å². The Morgan fingerprint density at radius 2 is 1.92 bits per heavy atom. The quantitative estimate of drug-likeness (QED) is 0.867. The van der Waals surface area contributed by atoms with Crippen LogP contribution in [0.3, 0.4) is 0 Å². The minimum Gasteiger partial charge on any atom is -0.326 e. The van der Waals surface area contributed by atoms with E-state index in [-0.39, 0.29) is 24.8 Å². The summed E-state index contributed by atoms with van der Waals surface area (Å²) in [5, 5.41) is 1.20. The summed E-state index contributed by atoms with van der Waals surface area (Å²) in [5.41, 5.74) is 6.63. The molecule has 13 heavy (non-hydrogen) atoms. The maximum atomic E-state index is 5.53. The Kier molecular flexibility index (Phi) is 7.93. The first-order chi connectivity index (χ1) is 5.15. The van der Waals surface area contributed by atoms with Crippen LogP contribution in [0.15, 0.2) is 0 Å². The van der Waals surface area contributed by atoms with Crippen molar-refractivity contribution in [3.63, 3.8) is 0 Å². The Morgan fingerprint density at radius 1 is 1.38 bits per heavy atom. The molecule has 2 nitrogen and oxygen atoms in total. The van der Waals surface area contributed by atoms with Crippen molar-refractivity contribution in [1.29, 1.82) is 0 Å². The highest BCUT2D eigenvalue weighted by Gasteiger charge is 2.08. The Morgan fingerprint density at radius 3 is 2.15 bits per heavy atom. The first-order valence-electron chi connectivity index (χ1n) is 3.81. The van der Waals surface area contributed by atoms with Gasteiger partial charge in [-0.25, -0.2) is 4.98 Å². The number of aromatic nitrogens is 1. The maximum Gasteiger partial charge on any atom is 0.0956 e. The minimum absolute atomic E-state index is 0. The van der Waals surface area contributed by atoms with Gasteiger partial charge in [-0.3, -0.25) is 0 Å². The fraction of sp³-hybridized carbons (Fsp3) is 0.625. The molecule has 0 aromatic carbocycles. The first-order valence-corrected chi connectivity index (χ1v) is 4.63. The molecule has 0 radical (unpaired) electrons. The number of hydrogen-bond donors (Lipinski definition) is 1. The highest BCUT2D eigenvalue weighted by atomic mass is 35.5. The molecule has 0 saturated heterocycles. The molecule has 0 fully saturated rings. The predicted molar refractivity (Wildman–Crippen MR) is 63.3 cm³/mol. The summed E-state index contributed by atoms with van der Waals surface area (Å²) >= 11 is 1.73. The third kappa shape index (κ3) is 3.81. The van der Waals surface area contributed by atoms with Crippen molar-refractivity contribution in [2.24, 2.45) is 5.73 Å². The average molecular weight is 243 g/mol. The van der Waals surface area contributed by atoms with Gasteiger partial charge in [-0.2, -0.15) is 0 Å². The second kappa shape index (κ2) is 6.60. The average Bonchev–Trinajstić information content (AvgIpc) is 2.31. The van der Waals surface area contributed by atoms with E-state index in [1.807, 2.05) is 6.92 Å². The Balaban J connectivity index is 0. The van der Waals surface area contributed by atoms with E-state index in [1.54, 1.807) is 11.3 Å². The summed E-state index contributed by atoms with van der Waals surface area (Å²) < 4.78 is 0. The maximum absolute atomic E-state index is 5.53. The highest BCUT2D eigenvalue weighted by molar-refractivity contribution is 7.11. The van der Waals surface area contributed by atoms with Crippen LogP contribution in [0.1, 0.15) is 35.3 Å². The van der Waals surface area contributed by atoms with Crippen LogP contribution in [0.25, 0.3) is 0 Å². The van der Waals surface area contributed by atoms with Crippen molar-refractivity contribution in [3.8, 4) is 0 Å². The number of nitrogens with zero attached hydrogens (tertiary/aromatic N) is 1. The molecular weight excluding hydrogens is 227 g/mol. The van der Waals surface area contributed by atoms with Gasteiger partial charge in [-0.05, 0) is 6.92 Å². The van der Waals surface area contributed by atoms with Crippen molar-refractivity contribution in [2.45, 2.75) is 33.2 Å². The molecule has 0 unspecified atom stereocenters. The predicted octanol–water partition coefficient (Wildman–Crippen LogP) is 2.88. The van der Waals surface area contributed by atoms with Crippen LogP contribution < -0.4 is 5.73 Å². The molecule has 1 aromatic heterocycles. The standard InChI is InChI=1S/C8H14N2S.2ClH/c1-5(2)8-10-6(3)7(4-9)11-8;;/h5H,4,9H2,1-3H3;2*1H. The van der Waals surface area contributed by atoms with E-state index in [2.05, 4.69) is 18.8 Å². The van der Waals surface area contributed by atoms with Crippen LogP contribution in [-0.2, 0) is 6.54 Å². The Bertz CT molecular complexity index is 248. The van der Waals surface area contributed by atoms with Gasteiger partial charge < -0.3 is 5.73 Å². The van der Waals surface area contributed by atoms with Crippen molar-refractivity contribution >= 4 is 36.2 Å². The van der Waals surface area contributed by atoms with E-state index in [1.165, 1.54) is 9.88 Å². The van der Waals surface area contributed by atoms with Crippen LogP contribution in [0.2, 0.25) is 0 Å². The molecule has 0 aliphatic rings. The van der Waals surface area contributed by atoms with Crippen molar-refractivity contribution in [3.05, 3.63) is 15.6 Å². The summed E-state index contributed by atoms with van der Waals surface area (Å²) in [4.78, 5) is 5.64. The highest BCUT2D eigenvalue weighted by Crippen LogP contribution is 2.23. The summed E-state index contributed by atoms with van der Waals surface area (Å²) in [6.45, 7) is 6.94. The smallest absolute Gasteiger partial charge is 0.0956 e. The van der Waals surface area contributed by atoms with Gasteiger partial charge >= 0.3 is 0 Å². The van der Waals surface area contributed by atoms with Crippen molar-refractivity contribution in [2.75, 3.05) is 0 Å². The second-order valence-electron chi connectivity index (χ2n) is 2.92. The number of rotatable bonds is 2. The third-order valence-corrected chi connectivity index (χ3v) is 3.07. The van der Waals surface area contributed by atoms with E-state index in [9.17, 15) is 0 Å². The minimum atomic E-state index is 0. The van der Waals surface area contributed by atoms with E-state index >= 15 is 0 Å². The van der Waals surface area contributed by atoms with E-state index < -0.39 is 0 Å². The lowest BCUT2D eigenvalue weighted by atomic mass is 10.2. The first kappa shape index (κ1) is 15.6. The number of aryl methyl sites for hydroxylation is 1. The van der Waals surface area contributed by atoms with Crippen LogP contribution >= 0.6 is 36.2 Å². The van der Waals surface area contributed by atoms with Gasteiger partial charge in [-0.1, -0.05) is 13.8 Å². The van der Waals surface area contributed by atoms with E-state index in [4.69, 9.17) is 5.73 Å². The zero-order valence-corrected chi connectivity index (χ0v) is 10.5. The van der Waals surface area contributed by atoms with Gasteiger partial charge in [0.2, 0.25) is 0 Å². The number of halogens is 2. The topological polar surface area (TPSA) is 38.9 Å². The molecule has 0 amide bonds. The van der Waals surface area contributed by atoms with E-state index in [0.29, 0.717) is 12.5 Å². The second-order valence-corrected chi connectivity index (χ2v) is 4.03. The lowest BCUT2D eigenvalue weighted by molar-refractivity contribution is 0.846. The lowest BCUT2D eigenvalue weighted by Crippen LogP contribution is -1.94. The molecule has 5 heteroatoms. The van der Waals surface area contributed by atoms with Gasteiger partial charge in [0.15, 0.2) is 0 Å². The van der Waals surface area contributed by atoms with Gasteiger partial charge in [0, 0.05) is 17.3 Å². The van der Waals surface area contributed by atoms with Gasteiger partial charge in [0.1, 0.15) is 0 Å². The molecule has 1 aromatic rings. The molecule has 0 spiro atoms. The molecule has 1 heterocycles. The van der Waals surface area contributed by atoms with Crippen molar-refractivity contribution in [1.82, 2.24) is 4.98 Å². The molecule has 0 saturated carbocycles. The fourth-order valence-electron chi connectivity index (χ4n) is 0.887. The van der Waals surface area contributed by atoms with Crippen LogP contribution in [0.4, 0.5) is 0 Å². The largest absolute Gasteiger partial charge is 0.326 e. The fourth-order valence-corrected chi connectivity index (χ4v) is 1.83. The van der Waals surface area contributed by atoms with Gasteiger partial charge in [0.05, 0.1) is 10.7 Å². The van der Waals surface area contributed by atoms with Crippen LogP contribution in [-0.4, -0.2) is 4.98 Å². The zero-order valence-electron chi connectivity index (χ0n) is 8.03. The third-order valence-electron chi connectivity index (χ3n) is 1.59. The molecule has 2 N–H and O–H groups in total. The zero-order chi connectivity index (χ0) is 8.43. The molecule has 0 atom stereocenters. The molecular formula is C8H16Cl2N2S. The van der Waals surface area contributed by atoms with Crippen LogP contribution in [0, 0.1) is 6.92 Å². The normalized spacial score (nSPS) is 9.31. The molecule has 0 aliphatic carbocycles. The number of hydrogen-bond acceptors (Lipinski definition) is 3. The summed E-state index contributed by atoms with van der Waals surface area (Å²) in [6.07, 6.45) is 0. The molecule has 0 aliphatic heterocycles. The summed E-state index contributed by atoms with van der Waals surface area (Å²) in [6, 6.07) is 0. The SMILES string of the molecule is Cc1nc(C(C)C)sc1CN.Cl.Cl. The lowest BCUT2D eigenvalue weighted by Gasteiger charge is -1.94. The molecule has 1 rings (SSSR count). The number of thiazole rings is 1. The Labute approximate surface area is 95.8 Å². The molecule has 78 valence electrons. The van der Waals surface area contributed by atoms with Crippen molar-refractivity contribution < 1.29 is 0 Å². The number of nitrogens with two attached hydrogens (primary N) is 1. The van der Waals surface area contributed by atoms with E-state index in [0.717, 1.165) is 5.69 Å². The monoisotopic (exact) mass is 242 g/mol. The van der Waals surface area contributed by atoms with Gasteiger partial charge in [-0.15, -0.1) is 36.2 Å². The Hall–Kier alpha value is 0.170. The summed E-state index contributed by atoms with van der Waals surface area (Å²) in [7, 11) is 0.